The van der Waals surface area contributed by atoms with E-state index in [2.05, 4.69) is 16.2 Å². The normalized spacial score (nSPS) is 25.1. The van der Waals surface area contributed by atoms with Gasteiger partial charge in [-0.15, -0.1) is 0 Å². The molecular weight excluding hydrogens is 335 g/mol. The second-order valence-electron chi connectivity index (χ2n) is 7.30. The van der Waals surface area contributed by atoms with E-state index in [1.54, 1.807) is 19.1 Å². The number of rotatable bonds is 4. The van der Waals surface area contributed by atoms with Gasteiger partial charge in [-0.2, -0.15) is 0 Å². The Hall–Kier alpha value is -1.99. The Kier molecular flexibility index (Phi) is 5.88. The summed E-state index contributed by atoms with van der Waals surface area (Å²) < 4.78 is 13.6. The van der Waals surface area contributed by atoms with Crippen LogP contribution in [-0.4, -0.2) is 48.4 Å². The van der Waals surface area contributed by atoms with Gasteiger partial charge in [0.15, 0.2) is 0 Å². The van der Waals surface area contributed by atoms with Crippen LogP contribution < -0.4 is 16.2 Å². The molecule has 2 unspecified atom stereocenters. The summed E-state index contributed by atoms with van der Waals surface area (Å²) in [5, 5.41) is 2.65. The van der Waals surface area contributed by atoms with Gasteiger partial charge in [0.25, 0.3) is 0 Å². The third kappa shape index (κ3) is 4.22. The van der Waals surface area contributed by atoms with Crippen LogP contribution in [0.4, 0.5) is 4.39 Å². The molecule has 0 aromatic heterocycles. The first-order valence-electron chi connectivity index (χ1n) is 9.25. The molecule has 0 aliphatic carbocycles. The average Bonchev–Trinajstić information content (AvgIpc) is 3.10. The van der Waals surface area contributed by atoms with Crippen LogP contribution in [0.15, 0.2) is 24.3 Å². The molecule has 0 bridgehead atoms. The van der Waals surface area contributed by atoms with Crippen LogP contribution in [0.25, 0.3) is 0 Å². The number of benzene rings is 1. The second kappa shape index (κ2) is 8.14. The van der Waals surface area contributed by atoms with Crippen molar-refractivity contribution < 1.29 is 14.0 Å². The Morgan fingerprint density at radius 2 is 2.04 bits per heavy atom. The minimum absolute atomic E-state index is 0.0298. The number of amides is 2. The summed E-state index contributed by atoms with van der Waals surface area (Å²) in [5.41, 5.74) is 7.57. The van der Waals surface area contributed by atoms with Crippen molar-refractivity contribution in [1.82, 2.24) is 21.1 Å². The Morgan fingerprint density at radius 1 is 1.31 bits per heavy atom. The van der Waals surface area contributed by atoms with E-state index < -0.39 is 6.04 Å². The van der Waals surface area contributed by atoms with E-state index in [4.69, 9.17) is 0 Å². The highest BCUT2D eigenvalue weighted by molar-refractivity contribution is 5.86. The predicted octanol–water partition coefficient (Wildman–Crippen LogP) is 1.15. The van der Waals surface area contributed by atoms with Crippen molar-refractivity contribution in [3.63, 3.8) is 0 Å². The molecule has 1 aromatic rings. The second-order valence-corrected chi connectivity index (χ2v) is 7.30. The van der Waals surface area contributed by atoms with E-state index in [1.165, 1.54) is 13.0 Å². The molecule has 1 aromatic carbocycles. The van der Waals surface area contributed by atoms with Crippen LogP contribution in [0.3, 0.4) is 0 Å². The maximum Gasteiger partial charge on any atom is 0.244 e. The number of nitrogens with zero attached hydrogens (tertiary/aromatic N) is 1. The fraction of sp³-hybridized carbons (Fsp3) is 0.579. The fourth-order valence-electron chi connectivity index (χ4n) is 4.14. The average molecular weight is 362 g/mol. The summed E-state index contributed by atoms with van der Waals surface area (Å²) in [5.74, 6) is 0.202. The van der Waals surface area contributed by atoms with Gasteiger partial charge in [-0.1, -0.05) is 12.1 Å². The third-order valence-electron chi connectivity index (χ3n) is 5.45. The van der Waals surface area contributed by atoms with E-state index in [0.717, 1.165) is 24.9 Å². The van der Waals surface area contributed by atoms with Gasteiger partial charge in [0.05, 0.1) is 0 Å². The van der Waals surface area contributed by atoms with Gasteiger partial charge in [0.2, 0.25) is 11.8 Å². The molecule has 7 heteroatoms. The Balaban J connectivity index is 1.59. The van der Waals surface area contributed by atoms with Crippen molar-refractivity contribution in [2.45, 2.75) is 44.7 Å². The van der Waals surface area contributed by atoms with Crippen molar-refractivity contribution in [2.24, 2.45) is 5.92 Å². The van der Waals surface area contributed by atoms with Gasteiger partial charge in [-0.25, -0.2) is 4.39 Å². The zero-order chi connectivity index (χ0) is 18.7. The largest absolute Gasteiger partial charge is 0.345 e. The van der Waals surface area contributed by atoms with Crippen LogP contribution in [0.1, 0.15) is 38.2 Å². The molecular formula is C19H27FN4O2. The minimum Gasteiger partial charge on any atom is -0.345 e. The molecule has 2 saturated heterocycles. The lowest BCUT2D eigenvalue weighted by atomic mass is 9.80. The lowest BCUT2D eigenvalue weighted by Gasteiger charge is -2.37. The summed E-state index contributed by atoms with van der Waals surface area (Å²) in [6, 6.07) is 6.54. The third-order valence-corrected chi connectivity index (χ3v) is 5.45. The van der Waals surface area contributed by atoms with Crippen LogP contribution in [0.2, 0.25) is 0 Å². The van der Waals surface area contributed by atoms with Crippen molar-refractivity contribution >= 4 is 11.8 Å². The van der Waals surface area contributed by atoms with Crippen molar-refractivity contribution in [3.05, 3.63) is 35.6 Å². The molecule has 2 amide bonds. The molecule has 142 valence electrons. The number of carbonyl (C=O) groups excluding carboxylic acids is 2. The maximum atomic E-state index is 13.6. The molecule has 2 fully saturated rings. The van der Waals surface area contributed by atoms with Crippen LogP contribution in [-0.2, 0) is 9.59 Å². The molecule has 0 spiro atoms. The fourth-order valence-corrected chi connectivity index (χ4v) is 4.14. The highest BCUT2D eigenvalue weighted by atomic mass is 19.1. The first-order chi connectivity index (χ1) is 12.5. The summed E-state index contributed by atoms with van der Waals surface area (Å²) in [4.78, 5) is 25.4. The van der Waals surface area contributed by atoms with E-state index in [0.29, 0.717) is 19.0 Å². The van der Waals surface area contributed by atoms with Gasteiger partial charge in [0, 0.05) is 38.5 Å². The number of carbonyl (C=O) groups is 2. The highest BCUT2D eigenvalue weighted by Crippen LogP contribution is 2.32. The summed E-state index contributed by atoms with van der Waals surface area (Å²) >= 11 is 0. The first kappa shape index (κ1) is 18.8. The number of piperidine rings is 1. The van der Waals surface area contributed by atoms with Gasteiger partial charge >= 0.3 is 0 Å². The molecule has 0 radical (unpaired) electrons. The smallest absolute Gasteiger partial charge is 0.244 e. The number of likely N-dealkylation sites (tertiary alicyclic amines) is 1. The highest BCUT2D eigenvalue weighted by Gasteiger charge is 2.37. The Labute approximate surface area is 153 Å². The molecule has 3 atom stereocenters. The number of nitrogens with one attached hydrogen (secondary N) is 3. The molecule has 26 heavy (non-hydrogen) atoms. The first-order valence-corrected chi connectivity index (χ1v) is 9.25. The molecule has 2 aliphatic rings. The zero-order valence-corrected chi connectivity index (χ0v) is 15.3. The van der Waals surface area contributed by atoms with Crippen molar-refractivity contribution in [2.75, 3.05) is 19.6 Å². The van der Waals surface area contributed by atoms with E-state index >= 15 is 0 Å². The van der Waals surface area contributed by atoms with Gasteiger partial charge in [-0.05, 0) is 43.4 Å². The Bertz CT molecular complexity index is 661. The topological polar surface area (TPSA) is 73.5 Å². The van der Waals surface area contributed by atoms with Crippen molar-refractivity contribution in [3.8, 4) is 0 Å². The monoisotopic (exact) mass is 362 g/mol. The van der Waals surface area contributed by atoms with Crippen LogP contribution in [0, 0.1) is 11.7 Å². The Morgan fingerprint density at radius 3 is 2.69 bits per heavy atom. The quantitative estimate of drug-likeness (QED) is 0.751. The van der Waals surface area contributed by atoms with Gasteiger partial charge in [0.1, 0.15) is 11.9 Å². The lowest BCUT2D eigenvalue weighted by Crippen LogP contribution is -2.51. The molecule has 2 heterocycles. The van der Waals surface area contributed by atoms with Gasteiger partial charge in [-0.3, -0.25) is 20.4 Å². The number of hydrazine groups is 1. The van der Waals surface area contributed by atoms with Crippen molar-refractivity contribution in [1.29, 1.82) is 0 Å². The molecule has 3 N–H and O–H groups in total. The standard InChI is InChI=1S/C19H27FN4O2/c1-12(22-13(2)25)19(26)24-8-6-14(7-9-24)18-17(11-21-23-18)15-4-3-5-16(20)10-15/h3-5,10,12,14,17-18,21,23H,6-9,11H2,1-2H3,(H,22,25)/t12-,17?,18?/m0/s1. The van der Waals surface area contributed by atoms with E-state index in [9.17, 15) is 14.0 Å². The summed E-state index contributed by atoms with van der Waals surface area (Å²) in [6.45, 7) is 5.27. The SMILES string of the molecule is CC(=O)N[C@@H](C)C(=O)N1CCC(C2NNCC2c2cccc(F)c2)CC1. The minimum atomic E-state index is -0.490. The molecule has 6 nitrogen and oxygen atoms in total. The number of hydrogen-bond donors (Lipinski definition) is 3. The molecule has 2 aliphatic heterocycles. The van der Waals surface area contributed by atoms with E-state index in [1.807, 2.05) is 11.0 Å². The van der Waals surface area contributed by atoms with Crippen LogP contribution >= 0.6 is 0 Å². The molecule has 3 rings (SSSR count). The molecule has 0 saturated carbocycles. The van der Waals surface area contributed by atoms with E-state index in [-0.39, 0.29) is 29.6 Å². The zero-order valence-electron chi connectivity index (χ0n) is 15.3. The summed E-state index contributed by atoms with van der Waals surface area (Å²) in [7, 11) is 0. The summed E-state index contributed by atoms with van der Waals surface area (Å²) in [6.07, 6.45) is 1.79. The van der Waals surface area contributed by atoms with Gasteiger partial charge < -0.3 is 10.2 Å². The van der Waals surface area contributed by atoms with Crippen LogP contribution in [0.5, 0.6) is 0 Å². The lowest BCUT2D eigenvalue weighted by molar-refractivity contribution is -0.136. The number of halogens is 1. The maximum absolute atomic E-state index is 13.6. The predicted molar refractivity (Wildman–Crippen MR) is 96.7 cm³/mol. The number of hydrogen-bond acceptors (Lipinski definition) is 4.